The molecule has 0 aromatic heterocycles. The fraction of sp³-hybridized carbons (Fsp3) is 1.00. The van der Waals surface area contributed by atoms with E-state index in [0.717, 1.165) is 0 Å². The molecule has 0 rings (SSSR count). The van der Waals surface area contributed by atoms with Crippen molar-refractivity contribution in [3.63, 3.8) is 0 Å². The first-order valence-corrected chi connectivity index (χ1v) is 5.82. The summed E-state index contributed by atoms with van der Waals surface area (Å²) in [5.74, 6) is 0. The van der Waals surface area contributed by atoms with E-state index in [2.05, 4.69) is 13.3 Å². The van der Waals surface area contributed by atoms with Crippen LogP contribution < -0.4 is 0 Å². The lowest BCUT2D eigenvalue weighted by molar-refractivity contribution is 2.28. The molecule has 0 aromatic rings. The van der Waals surface area contributed by atoms with Gasteiger partial charge in [-0.05, 0) is 20.0 Å². The Hall–Kier alpha value is 0.860. The molecular weight excluding hydrogens is 98.0 g/mol. The largest absolute Gasteiger partial charge is 0.0998 e. The Balaban J connectivity index is 2.99. The van der Waals surface area contributed by atoms with Crippen molar-refractivity contribution in [2.75, 3.05) is 20.0 Å². The van der Waals surface area contributed by atoms with Crippen LogP contribution in [0.1, 0.15) is 0 Å². The zero-order valence-corrected chi connectivity index (χ0v) is 5.68. The molecule has 0 aliphatic heterocycles. The molecule has 0 bridgehead atoms. The van der Waals surface area contributed by atoms with Crippen molar-refractivity contribution in [2.45, 2.75) is 0 Å². The summed E-state index contributed by atoms with van der Waals surface area (Å²) >= 11 is 0. The maximum Gasteiger partial charge on any atom is 0.0625 e. The van der Waals surface area contributed by atoms with Crippen LogP contribution in [0.25, 0.3) is 0 Å². The Morgan fingerprint density at radius 3 is 2.00 bits per heavy atom. The molecule has 2 heteroatoms. The summed E-state index contributed by atoms with van der Waals surface area (Å²) in [6.07, 6.45) is 0. The van der Waals surface area contributed by atoms with Crippen molar-refractivity contribution in [1.29, 1.82) is 1.28 Å². The van der Waals surface area contributed by atoms with Crippen LogP contribution in [-0.2, 0) is 0 Å². The van der Waals surface area contributed by atoms with Crippen LogP contribution in [0.15, 0.2) is 0 Å². The molecular formula is C3H10P2. The van der Waals surface area contributed by atoms with Gasteiger partial charge in [-0.1, -0.05) is 15.8 Å². The normalized spacial score (nSPS) is 18.8. The van der Waals surface area contributed by atoms with Gasteiger partial charge in [0.1, 0.15) is 0 Å². The maximum atomic E-state index is 7.13. The molecule has 32 valence electrons. The lowest BCUT2D eigenvalue weighted by atomic mass is 11.9. The fourth-order valence-electron chi connectivity index (χ4n) is 0. The first-order valence-electron chi connectivity index (χ1n) is 1.99. The lowest BCUT2D eigenvalue weighted by Gasteiger charge is -1.92. The summed E-state index contributed by atoms with van der Waals surface area (Å²) in [4.78, 5) is 0. The van der Waals surface area contributed by atoms with Gasteiger partial charge in [0.05, 0.1) is 1.28 Å². The molecule has 0 fully saturated rings. The first kappa shape index (κ1) is 4.03. The van der Waals surface area contributed by atoms with Gasteiger partial charge in [0, 0.05) is 0 Å². The van der Waals surface area contributed by atoms with E-state index in [1.54, 1.807) is 0 Å². The molecule has 0 aromatic carbocycles. The second-order valence-electron chi connectivity index (χ2n) is 1.05. The average Bonchev–Trinajstić information content (AvgIpc) is 1.36. The van der Waals surface area contributed by atoms with Gasteiger partial charge >= 0.3 is 0 Å². The van der Waals surface area contributed by atoms with E-state index < -0.39 is 0 Å². The molecule has 0 aliphatic carbocycles. The van der Waals surface area contributed by atoms with Gasteiger partial charge in [-0.2, -0.15) is 0 Å². The van der Waals surface area contributed by atoms with E-state index in [1.165, 1.54) is 0 Å². The molecule has 5 heavy (non-hydrogen) atoms. The van der Waals surface area contributed by atoms with Gasteiger partial charge in [-0.3, -0.25) is 0 Å². The van der Waals surface area contributed by atoms with E-state index in [0.29, 0.717) is 0 Å². The van der Waals surface area contributed by atoms with Crippen LogP contribution in [0.4, 0.5) is 0 Å². The minimum atomic E-state index is -0.345. The molecule has 0 amide bonds. The molecule has 0 spiro atoms. The summed E-state index contributed by atoms with van der Waals surface area (Å²) in [5, 5.41) is 0. The topological polar surface area (TPSA) is 0 Å². The number of hydrogen-bond acceptors (Lipinski definition) is 0. The summed E-state index contributed by atoms with van der Waals surface area (Å²) in [6, 6.07) is 0. The van der Waals surface area contributed by atoms with Crippen molar-refractivity contribution >= 4 is 15.8 Å². The highest BCUT2D eigenvalue weighted by Crippen LogP contribution is 2.45. The average molecular weight is 110 g/mol. The van der Waals surface area contributed by atoms with E-state index in [9.17, 15) is 0 Å². The Labute approximate surface area is 38.1 Å². The monoisotopic (exact) mass is 110 g/mol. The molecule has 0 radical (unpaired) electrons. The van der Waals surface area contributed by atoms with Crippen molar-refractivity contribution in [3.05, 3.63) is 0 Å². The predicted molar refractivity (Wildman–Crippen MR) is 33.0 cm³/mol. The first-order chi connectivity index (χ1) is 2.64. The number of hydrogen-bond donors (Lipinski definition) is 0. The molecule has 1 atom stereocenters. The Kier molecular flexibility index (Phi) is 2.47. The third-order valence-corrected chi connectivity index (χ3v) is 3.60. The van der Waals surface area contributed by atoms with Crippen LogP contribution in [0.3, 0.4) is 0 Å². The molecule has 1 unspecified atom stereocenters. The highest BCUT2D eigenvalue weighted by molar-refractivity contribution is 8.20. The third kappa shape index (κ3) is 4.86. The zero-order valence-electron chi connectivity index (χ0n) is 4.89. The standard InChI is InChI=1S/C3H10P2/c1-4-5(2)3/h4H,1-3H3/i4T. The maximum absolute atomic E-state index is 7.13. The summed E-state index contributed by atoms with van der Waals surface area (Å²) in [5.41, 5.74) is 0. The van der Waals surface area contributed by atoms with Crippen molar-refractivity contribution < 1.29 is 0 Å². The van der Waals surface area contributed by atoms with Crippen LogP contribution in [0, 0.1) is 0 Å². The third-order valence-electron chi connectivity index (χ3n) is 0.400. The van der Waals surface area contributed by atoms with E-state index in [-0.39, 0.29) is 15.8 Å². The Morgan fingerprint density at radius 1 is 1.80 bits per heavy atom. The van der Waals surface area contributed by atoms with Crippen molar-refractivity contribution in [1.82, 2.24) is 0 Å². The molecule has 0 aliphatic rings. The highest BCUT2D eigenvalue weighted by atomic mass is 32.0. The van der Waals surface area contributed by atoms with Gasteiger partial charge in [-0.25, -0.2) is 0 Å². The predicted octanol–water partition coefficient (Wildman–Crippen LogP) is 1.95. The van der Waals surface area contributed by atoms with Crippen LogP contribution in [0.2, 0.25) is 0 Å². The molecule has 0 nitrogen and oxygen atoms in total. The van der Waals surface area contributed by atoms with E-state index in [4.69, 9.17) is 1.28 Å². The molecule has 0 saturated carbocycles. The zero-order chi connectivity index (χ0) is 5.15. The van der Waals surface area contributed by atoms with Gasteiger partial charge in [-0.15, -0.1) is 0 Å². The number of rotatable bonds is 1. The molecule has 0 saturated heterocycles. The minimum Gasteiger partial charge on any atom is -0.0998 e. The van der Waals surface area contributed by atoms with Crippen LogP contribution >= 0.6 is 15.8 Å². The summed E-state index contributed by atoms with van der Waals surface area (Å²) in [6.45, 7) is 6.29. The SMILES string of the molecule is [3H]P(C)P(C)C. The fourth-order valence-corrected chi connectivity index (χ4v) is 0. The molecule has 0 heterocycles. The summed E-state index contributed by atoms with van der Waals surface area (Å²) in [7, 11) is -0.273. The van der Waals surface area contributed by atoms with Crippen LogP contribution in [-0.4, -0.2) is 21.3 Å². The van der Waals surface area contributed by atoms with Crippen molar-refractivity contribution in [3.8, 4) is 0 Å². The van der Waals surface area contributed by atoms with Gasteiger partial charge in [0.2, 0.25) is 0 Å². The quantitative estimate of drug-likeness (QED) is 0.452. The Morgan fingerprint density at radius 2 is 2.00 bits per heavy atom. The highest BCUT2D eigenvalue weighted by Gasteiger charge is 1.77. The van der Waals surface area contributed by atoms with Gasteiger partial charge in [0.15, 0.2) is 0 Å². The molecule has 0 N–H and O–H groups in total. The smallest absolute Gasteiger partial charge is 0.0625 e. The van der Waals surface area contributed by atoms with Crippen LogP contribution in [0.5, 0.6) is 0 Å². The van der Waals surface area contributed by atoms with Gasteiger partial charge < -0.3 is 0 Å². The second-order valence-corrected chi connectivity index (χ2v) is 6.74. The van der Waals surface area contributed by atoms with E-state index in [1.807, 2.05) is 6.66 Å². The lowest BCUT2D eigenvalue weighted by Crippen LogP contribution is -1.43. The summed E-state index contributed by atoms with van der Waals surface area (Å²) < 4.78 is 7.13. The van der Waals surface area contributed by atoms with E-state index >= 15 is 0 Å². The second kappa shape index (κ2) is 3.07. The minimum absolute atomic E-state index is 0.0720. The van der Waals surface area contributed by atoms with Gasteiger partial charge in [0.25, 0.3) is 0 Å². The van der Waals surface area contributed by atoms with Crippen molar-refractivity contribution in [2.24, 2.45) is 0 Å². The Bertz CT molecular complexity index is 29.8.